The number of carbonyl (C=O) groups excluding carboxylic acids is 1. The fourth-order valence-electron chi connectivity index (χ4n) is 3.27. The molecule has 10 heteroatoms. The predicted molar refractivity (Wildman–Crippen MR) is 111 cm³/mol. The lowest BCUT2D eigenvalue weighted by atomic mass is 10.1. The monoisotopic (exact) mass is 428 g/mol. The lowest BCUT2D eigenvalue weighted by Gasteiger charge is -2.15. The van der Waals surface area contributed by atoms with Gasteiger partial charge in [0, 0.05) is 26.3 Å². The summed E-state index contributed by atoms with van der Waals surface area (Å²) in [5.74, 6) is -1.62. The second-order valence-corrected chi connectivity index (χ2v) is 6.86. The number of nitrogens with zero attached hydrogens (tertiary/aromatic N) is 2. The Morgan fingerprint density at radius 1 is 1.19 bits per heavy atom. The molecule has 162 valence electrons. The number of carboxylic acid groups (broad SMARTS) is 1. The third-order valence-electron chi connectivity index (χ3n) is 4.75. The highest BCUT2D eigenvalue weighted by atomic mass is 19.1. The van der Waals surface area contributed by atoms with Crippen LogP contribution in [-0.2, 0) is 13.0 Å². The van der Waals surface area contributed by atoms with Gasteiger partial charge in [0.25, 0.3) is 11.5 Å². The molecule has 3 aromatic rings. The van der Waals surface area contributed by atoms with Crippen molar-refractivity contribution in [3.05, 3.63) is 69.4 Å². The molecular formula is C21H21FN4O5. The number of aromatic nitrogens is 2. The standard InChI is InChI=1S/C21H21FN4O5/c1-23-19(28)16-18(27)17-15(26(20(16)29)8-2-7-24-21(30)31)10-13(11-25-17)9-12-3-5-14(22)6-4-12/h3-6,10-11,24,27H,2,7-9H2,1H3,(H,23,28)(H,30,31). The largest absolute Gasteiger partial charge is 0.505 e. The Morgan fingerprint density at radius 3 is 2.55 bits per heavy atom. The minimum absolute atomic E-state index is 0.0762. The number of carbonyl (C=O) groups is 2. The molecular weight excluding hydrogens is 407 g/mol. The van der Waals surface area contributed by atoms with Crippen LogP contribution in [0.25, 0.3) is 11.0 Å². The van der Waals surface area contributed by atoms with Crippen molar-refractivity contribution in [2.45, 2.75) is 19.4 Å². The predicted octanol–water partition coefficient (Wildman–Crippen LogP) is 1.85. The third-order valence-corrected chi connectivity index (χ3v) is 4.75. The van der Waals surface area contributed by atoms with Gasteiger partial charge in [0.15, 0.2) is 5.75 Å². The molecule has 4 N–H and O–H groups in total. The lowest BCUT2D eigenvalue weighted by Crippen LogP contribution is -2.33. The summed E-state index contributed by atoms with van der Waals surface area (Å²) in [7, 11) is 1.34. The molecule has 1 aromatic carbocycles. The summed E-state index contributed by atoms with van der Waals surface area (Å²) in [6.07, 6.45) is 1.02. The molecule has 0 aliphatic rings. The Labute approximate surface area is 176 Å². The van der Waals surface area contributed by atoms with Gasteiger partial charge in [0.1, 0.15) is 16.9 Å². The van der Waals surface area contributed by atoms with E-state index in [0.29, 0.717) is 17.5 Å². The molecule has 0 fully saturated rings. The molecule has 0 aliphatic carbocycles. The first kappa shape index (κ1) is 21.8. The van der Waals surface area contributed by atoms with Crippen LogP contribution < -0.4 is 16.2 Å². The van der Waals surface area contributed by atoms with Crippen LogP contribution in [0.15, 0.2) is 41.3 Å². The average molecular weight is 428 g/mol. The van der Waals surface area contributed by atoms with Crippen molar-refractivity contribution in [1.82, 2.24) is 20.2 Å². The zero-order chi connectivity index (χ0) is 22.5. The van der Waals surface area contributed by atoms with Crippen LogP contribution in [0.3, 0.4) is 0 Å². The van der Waals surface area contributed by atoms with E-state index in [4.69, 9.17) is 5.11 Å². The van der Waals surface area contributed by atoms with E-state index in [1.54, 1.807) is 18.2 Å². The van der Waals surface area contributed by atoms with E-state index < -0.39 is 28.9 Å². The summed E-state index contributed by atoms with van der Waals surface area (Å²) in [6.45, 7) is 0.198. The van der Waals surface area contributed by atoms with E-state index >= 15 is 0 Å². The SMILES string of the molecule is CNC(=O)c1c(O)c2ncc(Cc3ccc(F)cc3)cc2n(CCCNC(=O)O)c1=O. The van der Waals surface area contributed by atoms with Crippen LogP contribution in [0.5, 0.6) is 5.75 Å². The maximum atomic E-state index is 13.2. The van der Waals surface area contributed by atoms with Crippen molar-refractivity contribution in [3.8, 4) is 5.75 Å². The highest BCUT2D eigenvalue weighted by Gasteiger charge is 2.22. The van der Waals surface area contributed by atoms with E-state index in [1.165, 1.54) is 29.9 Å². The highest BCUT2D eigenvalue weighted by molar-refractivity contribution is 6.01. The smallest absolute Gasteiger partial charge is 0.404 e. The maximum absolute atomic E-state index is 13.2. The van der Waals surface area contributed by atoms with Gasteiger partial charge in [-0.1, -0.05) is 12.1 Å². The summed E-state index contributed by atoms with van der Waals surface area (Å²) in [5, 5.41) is 23.8. The fourth-order valence-corrected chi connectivity index (χ4v) is 3.27. The molecule has 0 saturated heterocycles. The molecule has 31 heavy (non-hydrogen) atoms. The molecule has 0 unspecified atom stereocenters. The van der Waals surface area contributed by atoms with Crippen molar-refractivity contribution in [3.63, 3.8) is 0 Å². The minimum atomic E-state index is -1.18. The lowest BCUT2D eigenvalue weighted by molar-refractivity contribution is 0.0958. The number of amides is 2. The number of nitrogens with one attached hydrogen (secondary N) is 2. The summed E-state index contributed by atoms with van der Waals surface area (Å²) < 4.78 is 14.4. The van der Waals surface area contributed by atoms with Crippen LogP contribution in [0.2, 0.25) is 0 Å². The average Bonchev–Trinajstić information content (AvgIpc) is 2.74. The molecule has 2 heterocycles. The quantitative estimate of drug-likeness (QED) is 0.425. The van der Waals surface area contributed by atoms with Gasteiger partial charge < -0.3 is 25.4 Å². The molecule has 0 radical (unpaired) electrons. The molecule has 0 spiro atoms. The Morgan fingerprint density at radius 2 is 1.90 bits per heavy atom. The van der Waals surface area contributed by atoms with Gasteiger partial charge in [-0.15, -0.1) is 0 Å². The molecule has 0 atom stereocenters. The van der Waals surface area contributed by atoms with Crippen LogP contribution in [0.1, 0.15) is 27.9 Å². The molecule has 2 amide bonds. The van der Waals surface area contributed by atoms with Crippen molar-refractivity contribution in [1.29, 1.82) is 0 Å². The first-order chi connectivity index (χ1) is 14.8. The molecule has 3 rings (SSSR count). The van der Waals surface area contributed by atoms with E-state index in [0.717, 1.165) is 5.56 Å². The Bertz CT molecular complexity index is 1190. The van der Waals surface area contributed by atoms with Crippen LogP contribution in [0.4, 0.5) is 9.18 Å². The number of benzene rings is 1. The summed E-state index contributed by atoms with van der Waals surface area (Å²) in [5.41, 5.74) is 0.786. The Kier molecular flexibility index (Phi) is 6.49. The van der Waals surface area contributed by atoms with E-state index in [-0.39, 0.29) is 30.8 Å². The minimum Gasteiger partial charge on any atom is -0.505 e. The van der Waals surface area contributed by atoms with Crippen LogP contribution in [0, 0.1) is 5.82 Å². The Hall–Kier alpha value is -3.95. The number of halogens is 1. The first-order valence-corrected chi connectivity index (χ1v) is 9.49. The Balaban J connectivity index is 2.07. The van der Waals surface area contributed by atoms with Crippen LogP contribution in [-0.4, -0.2) is 45.4 Å². The summed E-state index contributed by atoms with van der Waals surface area (Å²) in [4.78, 5) is 40.1. The summed E-state index contributed by atoms with van der Waals surface area (Å²) in [6, 6.07) is 7.63. The normalized spacial score (nSPS) is 10.8. The van der Waals surface area contributed by atoms with Gasteiger partial charge in [0.05, 0.1) is 5.52 Å². The zero-order valence-corrected chi connectivity index (χ0v) is 16.7. The maximum Gasteiger partial charge on any atom is 0.404 e. The van der Waals surface area contributed by atoms with Gasteiger partial charge in [-0.2, -0.15) is 0 Å². The second kappa shape index (κ2) is 9.24. The van der Waals surface area contributed by atoms with Gasteiger partial charge in [0.2, 0.25) is 0 Å². The summed E-state index contributed by atoms with van der Waals surface area (Å²) >= 11 is 0. The zero-order valence-electron chi connectivity index (χ0n) is 16.7. The van der Waals surface area contributed by atoms with E-state index in [2.05, 4.69) is 15.6 Å². The topological polar surface area (TPSA) is 134 Å². The van der Waals surface area contributed by atoms with Crippen molar-refractivity contribution in [2.75, 3.05) is 13.6 Å². The number of fused-ring (bicyclic) bond motifs is 1. The molecule has 0 saturated carbocycles. The number of hydrogen-bond donors (Lipinski definition) is 4. The molecule has 0 bridgehead atoms. The third kappa shape index (κ3) is 4.80. The highest BCUT2D eigenvalue weighted by Crippen LogP contribution is 2.26. The molecule has 2 aromatic heterocycles. The molecule has 0 aliphatic heterocycles. The number of aryl methyl sites for hydroxylation is 1. The van der Waals surface area contributed by atoms with Gasteiger partial charge in [-0.25, -0.2) is 9.18 Å². The van der Waals surface area contributed by atoms with Crippen molar-refractivity contribution < 1.29 is 24.2 Å². The van der Waals surface area contributed by atoms with Gasteiger partial charge in [-0.3, -0.25) is 14.6 Å². The van der Waals surface area contributed by atoms with Gasteiger partial charge >= 0.3 is 6.09 Å². The second-order valence-electron chi connectivity index (χ2n) is 6.86. The number of rotatable bonds is 7. The fraction of sp³-hybridized carbons (Fsp3) is 0.238. The number of aromatic hydroxyl groups is 1. The van der Waals surface area contributed by atoms with Gasteiger partial charge in [-0.05, 0) is 42.2 Å². The molecule has 9 nitrogen and oxygen atoms in total. The van der Waals surface area contributed by atoms with Crippen molar-refractivity contribution in [2.24, 2.45) is 0 Å². The first-order valence-electron chi connectivity index (χ1n) is 9.49. The number of pyridine rings is 2. The van der Waals surface area contributed by atoms with E-state index in [1.807, 2.05) is 0 Å². The van der Waals surface area contributed by atoms with Crippen LogP contribution >= 0.6 is 0 Å². The van der Waals surface area contributed by atoms with E-state index in [9.17, 15) is 23.9 Å². The van der Waals surface area contributed by atoms with Crippen molar-refractivity contribution >= 4 is 23.0 Å². The number of hydrogen-bond acceptors (Lipinski definition) is 5.